The van der Waals surface area contributed by atoms with Crippen LogP contribution in [-0.2, 0) is 9.59 Å². The van der Waals surface area contributed by atoms with E-state index in [9.17, 15) is 14.7 Å². The number of fused-ring (bicyclic) bond motifs is 5. The Bertz CT molecular complexity index is 775. The zero-order valence-electron chi connectivity index (χ0n) is 20.5. The number of amides is 1. The van der Waals surface area contributed by atoms with Crippen LogP contribution in [0.3, 0.4) is 0 Å². The fourth-order valence-electron chi connectivity index (χ4n) is 8.64. The average molecular weight is 430 g/mol. The monoisotopic (exact) mass is 429 g/mol. The lowest BCUT2D eigenvalue weighted by molar-refractivity contribution is -0.138. The number of nitrogens with zero attached hydrogens (tertiary/aromatic N) is 1. The summed E-state index contributed by atoms with van der Waals surface area (Å²) < 4.78 is 0. The molecule has 0 aromatic heterocycles. The molecule has 0 saturated heterocycles. The molecule has 4 heteroatoms. The summed E-state index contributed by atoms with van der Waals surface area (Å²) in [6.45, 7) is 13.1. The number of hydrogen-bond donors (Lipinski definition) is 1. The van der Waals surface area contributed by atoms with Crippen molar-refractivity contribution in [1.29, 1.82) is 0 Å². The molecule has 0 heterocycles. The summed E-state index contributed by atoms with van der Waals surface area (Å²) in [7, 11) is 0. The van der Waals surface area contributed by atoms with Gasteiger partial charge >= 0.3 is 5.97 Å². The molecular weight excluding hydrogens is 386 g/mol. The number of carbonyl (C=O) groups excluding carboxylic acids is 1. The fraction of sp³-hybridized carbons (Fsp3) is 0.852. The predicted molar refractivity (Wildman–Crippen MR) is 124 cm³/mol. The Hall–Kier alpha value is -1.32. The van der Waals surface area contributed by atoms with Gasteiger partial charge < -0.3 is 10.0 Å². The molecule has 4 rings (SSSR count). The van der Waals surface area contributed by atoms with E-state index < -0.39 is 5.97 Å². The highest BCUT2D eigenvalue weighted by molar-refractivity contribution is 6.02. The molecule has 0 aliphatic heterocycles. The van der Waals surface area contributed by atoms with Crippen LogP contribution < -0.4 is 0 Å². The van der Waals surface area contributed by atoms with E-state index >= 15 is 0 Å². The Balaban J connectivity index is 1.70. The van der Waals surface area contributed by atoms with Crippen molar-refractivity contribution >= 4 is 11.9 Å². The highest BCUT2D eigenvalue weighted by Crippen LogP contribution is 2.66. The molecule has 4 aliphatic rings. The minimum absolute atomic E-state index is 0.0364. The molecule has 0 bridgehead atoms. The zero-order chi connectivity index (χ0) is 22.7. The van der Waals surface area contributed by atoms with Gasteiger partial charge in [0.05, 0.1) is 0 Å². The molecule has 0 aromatic carbocycles. The first kappa shape index (κ1) is 22.9. The van der Waals surface area contributed by atoms with Gasteiger partial charge in [0.1, 0.15) is 0 Å². The van der Waals surface area contributed by atoms with Crippen molar-refractivity contribution in [2.75, 3.05) is 0 Å². The van der Waals surface area contributed by atoms with Crippen molar-refractivity contribution in [2.24, 2.45) is 34.5 Å². The number of carbonyl (C=O) groups is 2. The van der Waals surface area contributed by atoms with E-state index in [4.69, 9.17) is 0 Å². The minimum atomic E-state index is -0.882. The van der Waals surface area contributed by atoms with Crippen molar-refractivity contribution in [3.05, 3.63) is 11.1 Å². The normalized spacial score (nSPS) is 39.9. The fourth-order valence-corrected chi connectivity index (χ4v) is 8.64. The Morgan fingerprint density at radius 3 is 2.23 bits per heavy atom. The third-order valence-electron chi connectivity index (χ3n) is 10.1. The van der Waals surface area contributed by atoms with Gasteiger partial charge in [0.2, 0.25) is 0 Å². The first-order chi connectivity index (χ1) is 14.5. The molecule has 174 valence electrons. The van der Waals surface area contributed by atoms with Crippen molar-refractivity contribution in [2.45, 2.75) is 111 Å². The molecule has 0 aromatic rings. The third-order valence-corrected chi connectivity index (χ3v) is 10.1. The lowest BCUT2D eigenvalue weighted by Crippen LogP contribution is -2.53. The van der Waals surface area contributed by atoms with Gasteiger partial charge in [0.25, 0.3) is 5.91 Å². The Morgan fingerprint density at radius 1 is 0.935 bits per heavy atom. The summed E-state index contributed by atoms with van der Waals surface area (Å²) in [4.78, 5) is 27.9. The van der Waals surface area contributed by atoms with E-state index in [1.54, 1.807) is 0 Å². The highest BCUT2D eigenvalue weighted by Gasteiger charge is 2.58. The molecule has 3 fully saturated rings. The molecule has 3 saturated carbocycles. The predicted octanol–water partition coefficient (Wildman–Crippen LogP) is 6.06. The number of carboxylic acid groups (broad SMARTS) is 1. The van der Waals surface area contributed by atoms with Gasteiger partial charge in [0, 0.05) is 23.2 Å². The molecule has 0 spiro atoms. The molecule has 0 radical (unpaired) electrons. The summed E-state index contributed by atoms with van der Waals surface area (Å²) in [5.74, 6) is 1.70. The van der Waals surface area contributed by atoms with E-state index in [2.05, 4.69) is 13.8 Å². The number of hydrogen-bond acceptors (Lipinski definition) is 2. The summed E-state index contributed by atoms with van der Waals surface area (Å²) in [5, 5.41) is 10.1. The Labute approximate surface area is 188 Å². The minimum Gasteiger partial charge on any atom is -0.478 e. The topological polar surface area (TPSA) is 57.6 Å². The Kier molecular flexibility index (Phi) is 5.84. The molecule has 31 heavy (non-hydrogen) atoms. The van der Waals surface area contributed by atoms with Crippen LogP contribution in [0.15, 0.2) is 11.1 Å². The number of aliphatic carboxylic acids is 1. The van der Waals surface area contributed by atoms with E-state index in [0.29, 0.717) is 41.2 Å². The van der Waals surface area contributed by atoms with E-state index in [-0.39, 0.29) is 23.4 Å². The van der Waals surface area contributed by atoms with Gasteiger partial charge in [-0.15, -0.1) is 0 Å². The van der Waals surface area contributed by atoms with Crippen LogP contribution >= 0.6 is 0 Å². The van der Waals surface area contributed by atoms with Gasteiger partial charge in [-0.1, -0.05) is 20.3 Å². The average Bonchev–Trinajstić information content (AvgIpc) is 3.07. The van der Waals surface area contributed by atoms with Crippen LogP contribution in [0, 0.1) is 34.5 Å². The zero-order valence-corrected chi connectivity index (χ0v) is 20.5. The first-order valence-corrected chi connectivity index (χ1v) is 12.8. The highest BCUT2D eigenvalue weighted by atomic mass is 16.4. The van der Waals surface area contributed by atoms with Crippen LogP contribution in [-0.4, -0.2) is 34.0 Å². The second kappa shape index (κ2) is 7.92. The van der Waals surface area contributed by atoms with E-state index in [1.807, 2.05) is 32.6 Å². The lowest BCUT2D eigenvalue weighted by atomic mass is 9.45. The molecule has 6 atom stereocenters. The maximum absolute atomic E-state index is 13.7. The van der Waals surface area contributed by atoms with Crippen molar-refractivity contribution < 1.29 is 14.7 Å². The molecule has 1 unspecified atom stereocenters. The van der Waals surface area contributed by atoms with Crippen LogP contribution in [0.4, 0.5) is 0 Å². The van der Waals surface area contributed by atoms with Crippen LogP contribution in [0.25, 0.3) is 0 Å². The largest absolute Gasteiger partial charge is 0.478 e. The van der Waals surface area contributed by atoms with Gasteiger partial charge in [-0.05, 0) is 114 Å². The third kappa shape index (κ3) is 3.56. The summed E-state index contributed by atoms with van der Waals surface area (Å²) in [6, 6.07) is 0.127. The van der Waals surface area contributed by atoms with Crippen molar-refractivity contribution in [3.63, 3.8) is 0 Å². The van der Waals surface area contributed by atoms with E-state index in [0.717, 1.165) is 18.3 Å². The summed E-state index contributed by atoms with van der Waals surface area (Å²) in [6.07, 6.45) is 10.3. The van der Waals surface area contributed by atoms with Crippen LogP contribution in [0.2, 0.25) is 0 Å². The van der Waals surface area contributed by atoms with Gasteiger partial charge in [-0.25, -0.2) is 4.79 Å². The van der Waals surface area contributed by atoms with E-state index in [1.165, 1.54) is 38.5 Å². The standard InChI is InChI=1S/C27H43NO3/c1-16(2)28(17(3)4)24(29)21-15-27(6)18(14-20(21)25(30)31)9-10-19-22-8-7-12-26(22,5)13-11-23(19)27/h16-19,22-23H,7-15H2,1-6H3,(H,30,31)/t18?,19-,22-,23+,26-,27-/m0/s1. The van der Waals surface area contributed by atoms with Gasteiger partial charge in [-0.3, -0.25) is 4.79 Å². The van der Waals surface area contributed by atoms with Crippen molar-refractivity contribution in [1.82, 2.24) is 4.90 Å². The maximum atomic E-state index is 13.7. The van der Waals surface area contributed by atoms with Crippen LogP contribution in [0.5, 0.6) is 0 Å². The second-order valence-corrected chi connectivity index (χ2v) is 12.3. The van der Waals surface area contributed by atoms with Gasteiger partial charge in [0.15, 0.2) is 0 Å². The summed E-state index contributed by atoms with van der Waals surface area (Å²) >= 11 is 0. The number of rotatable bonds is 4. The molecule has 4 aliphatic carbocycles. The smallest absolute Gasteiger partial charge is 0.332 e. The second-order valence-electron chi connectivity index (χ2n) is 12.3. The summed E-state index contributed by atoms with van der Waals surface area (Å²) in [5.41, 5.74) is 1.58. The quantitative estimate of drug-likeness (QED) is 0.591. The molecular formula is C27H43NO3. The molecule has 1 amide bonds. The maximum Gasteiger partial charge on any atom is 0.332 e. The Morgan fingerprint density at radius 2 is 1.61 bits per heavy atom. The van der Waals surface area contributed by atoms with Gasteiger partial charge in [-0.2, -0.15) is 0 Å². The lowest BCUT2D eigenvalue weighted by Gasteiger charge is -2.60. The molecule has 1 N–H and O–H groups in total. The van der Waals surface area contributed by atoms with Crippen molar-refractivity contribution in [3.8, 4) is 0 Å². The van der Waals surface area contributed by atoms with Crippen LogP contribution in [0.1, 0.15) is 99.3 Å². The SMILES string of the molecule is CC(C)N(C(=O)C1=C(C(=O)O)CC2CC[C@@H]3[C@@H](CC[C@]4(C)CCC[C@@H]34)[C@@]2(C)C1)C(C)C. The number of carboxylic acids is 1. The first-order valence-electron chi connectivity index (χ1n) is 12.8. The molecule has 4 nitrogen and oxygen atoms in total.